The predicted octanol–water partition coefficient (Wildman–Crippen LogP) is 1.52. The summed E-state index contributed by atoms with van der Waals surface area (Å²) in [4.78, 5) is 12.8. The summed E-state index contributed by atoms with van der Waals surface area (Å²) in [6.45, 7) is 2.00. The molecule has 0 amide bonds. The van der Waals surface area contributed by atoms with Crippen molar-refractivity contribution in [1.82, 2.24) is 4.90 Å². The molecule has 5 nitrogen and oxygen atoms in total. The van der Waals surface area contributed by atoms with Crippen molar-refractivity contribution < 1.29 is 14.6 Å². The van der Waals surface area contributed by atoms with Crippen LogP contribution in [0.3, 0.4) is 0 Å². The van der Waals surface area contributed by atoms with E-state index in [-0.39, 0.29) is 5.56 Å². The normalized spacial score (nSPS) is 10.6. The van der Waals surface area contributed by atoms with Gasteiger partial charge in [0, 0.05) is 19.0 Å². The summed E-state index contributed by atoms with van der Waals surface area (Å²) in [5.74, 6) is 0.0701. The molecule has 1 aromatic carbocycles. The Morgan fingerprint density at radius 1 is 1.50 bits per heavy atom. The first-order chi connectivity index (χ1) is 8.54. The van der Waals surface area contributed by atoms with Gasteiger partial charge in [0.1, 0.15) is 12.4 Å². The fraction of sp³-hybridized carbons (Fsp3) is 0.417. The van der Waals surface area contributed by atoms with E-state index in [9.17, 15) is 4.79 Å². The number of likely N-dealkylation sites (N-methyl/N-ethyl adjacent to an activating group) is 1. The van der Waals surface area contributed by atoms with E-state index in [4.69, 9.17) is 27.2 Å². The molecule has 0 fully saturated rings. The molecule has 0 atom stereocenters. The van der Waals surface area contributed by atoms with Crippen molar-refractivity contribution in [3.8, 4) is 5.75 Å². The molecular formula is C12H17ClN2O3. The molecule has 0 aliphatic carbocycles. The maximum Gasteiger partial charge on any atom is 0.335 e. The molecule has 1 rings (SSSR count). The van der Waals surface area contributed by atoms with Crippen molar-refractivity contribution in [2.45, 2.75) is 0 Å². The molecule has 0 radical (unpaired) electrons. The Hall–Kier alpha value is -1.46. The third kappa shape index (κ3) is 4.43. The Kier molecular flexibility index (Phi) is 5.74. The van der Waals surface area contributed by atoms with Gasteiger partial charge in [-0.3, -0.25) is 0 Å². The number of carboxylic acids is 1. The number of nitrogens with two attached hydrogens (primary N) is 1. The Balaban J connectivity index is 2.50. The van der Waals surface area contributed by atoms with E-state index in [1.54, 1.807) is 6.07 Å². The second-order valence-electron chi connectivity index (χ2n) is 3.90. The van der Waals surface area contributed by atoms with Crippen LogP contribution in [0.15, 0.2) is 18.2 Å². The van der Waals surface area contributed by atoms with Gasteiger partial charge in [-0.15, -0.1) is 11.6 Å². The first-order valence-corrected chi connectivity index (χ1v) is 6.08. The van der Waals surface area contributed by atoms with Crippen LogP contribution in [0.25, 0.3) is 0 Å². The van der Waals surface area contributed by atoms with Crippen molar-refractivity contribution in [1.29, 1.82) is 0 Å². The molecule has 3 N–H and O–H groups in total. The lowest BCUT2D eigenvalue weighted by Gasteiger charge is -2.16. The van der Waals surface area contributed by atoms with Crippen LogP contribution in [0.4, 0.5) is 5.69 Å². The number of alkyl halides is 1. The molecule has 0 aliphatic heterocycles. The summed E-state index contributed by atoms with van der Waals surface area (Å²) >= 11 is 5.61. The van der Waals surface area contributed by atoms with E-state index in [0.717, 1.165) is 13.1 Å². The number of ether oxygens (including phenoxy) is 1. The Morgan fingerprint density at radius 3 is 2.78 bits per heavy atom. The van der Waals surface area contributed by atoms with Crippen LogP contribution in [0.2, 0.25) is 0 Å². The van der Waals surface area contributed by atoms with Crippen LogP contribution in [-0.4, -0.2) is 48.6 Å². The average molecular weight is 273 g/mol. The quantitative estimate of drug-likeness (QED) is 0.581. The van der Waals surface area contributed by atoms with Crippen LogP contribution in [0.5, 0.6) is 5.75 Å². The predicted molar refractivity (Wildman–Crippen MR) is 71.5 cm³/mol. The minimum atomic E-state index is -1.00. The number of aromatic carboxylic acids is 1. The third-order valence-electron chi connectivity index (χ3n) is 2.45. The molecule has 0 aliphatic rings. The van der Waals surface area contributed by atoms with Crippen LogP contribution in [0.1, 0.15) is 10.4 Å². The molecule has 0 spiro atoms. The number of carboxylic acid groups (broad SMARTS) is 1. The summed E-state index contributed by atoms with van der Waals surface area (Å²) in [6.07, 6.45) is 0. The first kappa shape index (κ1) is 14.6. The first-order valence-electron chi connectivity index (χ1n) is 5.54. The summed E-state index contributed by atoms with van der Waals surface area (Å²) < 4.78 is 5.49. The summed E-state index contributed by atoms with van der Waals surface area (Å²) in [6, 6.07) is 4.43. The third-order valence-corrected chi connectivity index (χ3v) is 2.62. The van der Waals surface area contributed by atoms with Crippen molar-refractivity contribution >= 4 is 23.3 Å². The van der Waals surface area contributed by atoms with E-state index in [1.165, 1.54) is 12.1 Å². The van der Waals surface area contributed by atoms with Gasteiger partial charge in [-0.2, -0.15) is 0 Å². The number of anilines is 1. The van der Waals surface area contributed by atoms with Gasteiger partial charge in [-0.1, -0.05) is 0 Å². The number of hydrogen-bond donors (Lipinski definition) is 2. The molecule has 0 aromatic heterocycles. The number of rotatable bonds is 7. The van der Waals surface area contributed by atoms with Crippen LogP contribution in [-0.2, 0) is 0 Å². The smallest absolute Gasteiger partial charge is 0.335 e. The lowest BCUT2D eigenvalue weighted by molar-refractivity contribution is 0.0697. The highest BCUT2D eigenvalue weighted by atomic mass is 35.5. The Labute approximate surface area is 111 Å². The molecule has 0 heterocycles. The van der Waals surface area contributed by atoms with Gasteiger partial charge >= 0.3 is 5.97 Å². The Morgan fingerprint density at radius 2 is 2.22 bits per heavy atom. The Bertz CT molecular complexity index is 412. The lowest BCUT2D eigenvalue weighted by atomic mass is 10.2. The van der Waals surface area contributed by atoms with Crippen molar-refractivity contribution in [3.63, 3.8) is 0 Å². The summed E-state index contributed by atoms with van der Waals surface area (Å²) in [7, 11) is 1.95. The highest BCUT2D eigenvalue weighted by molar-refractivity contribution is 6.18. The fourth-order valence-electron chi connectivity index (χ4n) is 1.38. The van der Waals surface area contributed by atoms with Crippen LogP contribution in [0, 0.1) is 0 Å². The van der Waals surface area contributed by atoms with E-state index >= 15 is 0 Å². The average Bonchev–Trinajstić information content (AvgIpc) is 2.31. The van der Waals surface area contributed by atoms with Crippen molar-refractivity contribution in [3.05, 3.63) is 23.8 Å². The van der Waals surface area contributed by atoms with Crippen molar-refractivity contribution in [2.75, 3.05) is 38.4 Å². The van der Waals surface area contributed by atoms with Gasteiger partial charge < -0.3 is 20.5 Å². The van der Waals surface area contributed by atoms with E-state index < -0.39 is 5.97 Å². The van der Waals surface area contributed by atoms with E-state index in [2.05, 4.69) is 0 Å². The highest BCUT2D eigenvalue weighted by Gasteiger charge is 2.07. The minimum Gasteiger partial charge on any atom is -0.490 e. The zero-order chi connectivity index (χ0) is 13.5. The maximum absolute atomic E-state index is 10.7. The standard InChI is InChI=1S/C12H17ClN2O3/c1-15(5-4-13)6-7-18-11-3-2-9(12(16)17)8-10(11)14/h2-3,8H,4-7,14H2,1H3,(H,16,17). The molecular weight excluding hydrogens is 256 g/mol. The number of halogens is 1. The number of nitrogens with zero attached hydrogens (tertiary/aromatic N) is 1. The number of nitrogen functional groups attached to an aromatic ring is 1. The van der Waals surface area contributed by atoms with E-state index in [1.807, 2.05) is 11.9 Å². The van der Waals surface area contributed by atoms with Gasteiger partial charge in [-0.05, 0) is 25.2 Å². The van der Waals surface area contributed by atoms with Gasteiger partial charge in [0.15, 0.2) is 0 Å². The van der Waals surface area contributed by atoms with Gasteiger partial charge in [0.05, 0.1) is 11.3 Å². The fourth-order valence-corrected chi connectivity index (χ4v) is 1.67. The zero-order valence-corrected chi connectivity index (χ0v) is 11.0. The van der Waals surface area contributed by atoms with Crippen LogP contribution < -0.4 is 10.5 Å². The monoisotopic (exact) mass is 272 g/mol. The molecule has 0 bridgehead atoms. The zero-order valence-electron chi connectivity index (χ0n) is 10.2. The molecule has 6 heteroatoms. The maximum atomic E-state index is 10.7. The second-order valence-corrected chi connectivity index (χ2v) is 4.28. The molecule has 100 valence electrons. The van der Waals surface area contributed by atoms with Gasteiger partial charge in [-0.25, -0.2) is 4.79 Å². The SMILES string of the molecule is CN(CCCl)CCOc1ccc(C(=O)O)cc1N. The largest absolute Gasteiger partial charge is 0.490 e. The summed E-state index contributed by atoms with van der Waals surface area (Å²) in [5, 5.41) is 8.79. The lowest BCUT2D eigenvalue weighted by Crippen LogP contribution is -2.26. The van der Waals surface area contributed by atoms with E-state index in [0.29, 0.717) is 23.9 Å². The summed E-state index contributed by atoms with van der Waals surface area (Å²) in [5.41, 5.74) is 6.19. The molecule has 1 aromatic rings. The second kappa shape index (κ2) is 7.08. The topological polar surface area (TPSA) is 75.8 Å². The highest BCUT2D eigenvalue weighted by Crippen LogP contribution is 2.22. The molecule has 0 saturated heterocycles. The van der Waals surface area contributed by atoms with Crippen molar-refractivity contribution in [2.24, 2.45) is 0 Å². The minimum absolute atomic E-state index is 0.152. The molecule has 0 saturated carbocycles. The number of carbonyl (C=O) groups is 1. The molecule has 18 heavy (non-hydrogen) atoms. The number of hydrogen-bond acceptors (Lipinski definition) is 4. The van der Waals surface area contributed by atoms with Gasteiger partial charge in [0.25, 0.3) is 0 Å². The van der Waals surface area contributed by atoms with Crippen LogP contribution >= 0.6 is 11.6 Å². The number of benzene rings is 1. The molecule has 0 unspecified atom stereocenters. The van der Waals surface area contributed by atoms with Gasteiger partial charge in [0.2, 0.25) is 0 Å².